The summed E-state index contributed by atoms with van der Waals surface area (Å²) in [5.74, 6) is 0. The third-order valence-corrected chi connectivity index (χ3v) is 4.12. The summed E-state index contributed by atoms with van der Waals surface area (Å²) in [6.45, 7) is 6.28. The van der Waals surface area contributed by atoms with Crippen LogP contribution in [0.15, 0.2) is 22.7 Å². The molecule has 1 aromatic carbocycles. The zero-order valence-electron chi connectivity index (χ0n) is 11.5. The molecule has 2 rings (SSSR count). The summed E-state index contributed by atoms with van der Waals surface area (Å²) >= 11 is 3.51. The second-order valence-electron chi connectivity index (χ2n) is 5.29. The van der Waals surface area contributed by atoms with Crippen LogP contribution in [-0.4, -0.2) is 25.2 Å². The first kappa shape index (κ1) is 14.4. The Bertz CT molecular complexity index is 481. The van der Waals surface area contributed by atoms with Gasteiger partial charge in [-0.25, -0.2) is 0 Å². The number of anilines is 1. The summed E-state index contributed by atoms with van der Waals surface area (Å²) < 4.78 is 1.11. The Labute approximate surface area is 123 Å². The molecule has 1 heterocycles. The van der Waals surface area contributed by atoms with Gasteiger partial charge in [-0.2, -0.15) is 5.26 Å². The molecule has 4 heteroatoms. The number of benzene rings is 1. The van der Waals surface area contributed by atoms with Crippen LogP contribution >= 0.6 is 15.9 Å². The average Bonchev–Trinajstić information content (AvgIpc) is 2.52. The van der Waals surface area contributed by atoms with Gasteiger partial charge < -0.3 is 10.2 Å². The second-order valence-corrected chi connectivity index (χ2v) is 6.21. The van der Waals surface area contributed by atoms with Crippen LogP contribution in [0.3, 0.4) is 0 Å². The van der Waals surface area contributed by atoms with Crippen LogP contribution < -0.4 is 10.2 Å². The van der Waals surface area contributed by atoms with Crippen molar-refractivity contribution >= 4 is 21.6 Å². The van der Waals surface area contributed by atoms with Gasteiger partial charge in [-0.05, 0) is 44.0 Å². The topological polar surface area (TPSA) is 39.1 Å². The summed E-state index contributed by atoms with van der Waals surface area (Å²) in [5, 5.41) is 12.5. The largest absolute Gasteiger partial charge is 0.370 e. The van der Waals surface area contributed by atoms with Gasteiger partial charge >= 0.3 is 0 Å². The molecule has 0 saturated carbocycles. The van der Waals surface area contributed by atoms with Gasteiger partial charge in [-0.3, -0.25) is 0 Å². The lowest BCUT2D eigenvalue weighted by Crippen LogP contribution is -2.40. The Morgan fingerprint density at radius 1 is 1.53 bits per heavy atom. The Morgan fingerprint density at radius 3 is 3.00 bits per heavy atom. The summed E-state index contributed by atoms with van der Waals surface area (Å²) in [6.07, 6.45) is 1.67. The van der Waals surface area contributed by atoms with Crippen molar-refractivity contribution in [1.82, 2.24) is 5.32 Å². The molecule has 1 fully saturated rings. The summed E-state index contributed by atoms with van der Waals surface area (Å²) in [6, 6.07) is 9.41. The van der Waals surface area contributed by atoms with Crippen LogP contribution in [0.4, 0.5) is 5.69 Å². The quantitative estimate of drug-likeness (QED) is 0.909. The monoisotopic (exact) mass is 321 g/mol. The molecule has 0 bridgehead atoms. The molecular formula is C15H20BrN3. The van der Waals surface area contributed by atoms with E-state index in [4.69, 9.17) is 5.26 Å². The first-order valence-electron chi connectivity index (χ1n) is 6.74. The van der Waals surface area contributed by atoms with Crippen molar-refractivity contribution in [1.29, 1.82) is 5.26 Å². The van der Waals surface area contributed by atoms with Gasteiger partial charge in [-0.1, -0.05) is 15.9 Å². The number of nitrogens with zero attached hydrogens (tertiary/aromatic N) is 2. The fourth-order valence-corrected chi connectivity index (χ4v) is 3.15. The maximum Gasteiger partial charge on any atom is 0.0638 e. The van der Waals surface area contributed by atoms with Crippen molar-refractivity contribution in [3.63, 3.8) is 0 Å². The molecule has 1 aliphatic rings. The molecule has 0 amide bonds. The van der Waals surface area contributed by atoms with Crippen LogP contribution in [0, 0.1) is 18.3 Å². The third-order valence-electron chi connectivity index (χ3n) is 3.63. The van der Waals surface area contributed by atoms with Crippen molar-refractivity contribution in [2.75, 3.05) is 18.0 Å². The van der Waals surface area contributed by atoms with Gasteiger partial charge in [0, 0.05) is 35.3 Å². The van der Waals surface area contributed by atoms with E-state index in [1.165, 1.54) is 11.3 Å². The normalized spacial score (nSPS) is 23.8. The highest BCUT2D eigenvalue weighted by atomic mass is 79.9. The van der Waals surface area contributed by atoms with Crippen molar-refractivity contribution in [3.05, 3.63) is 28.2 Å². The van der Waals surface area contributed by atoms with E-state index in [2.05, 4.69) is 64.3 Å². The van der Waals surface area contributed by atoms with Crippen molar-refractivity contribution in [2.45, 2.75) is 38.8 Å². The molecule has 1 aromatic rings. The van der Waals surface area contributed by atoms with Gasteiger partial charge in [0.05, 0.1) is 12.5 Å². The van der Waals surface area contributed by atoms with E-state index in [1.54, 1.807) is 0 Å². The summed E-state index contributed by atoms with van der Waals surface area (Å²) in [4.78, 5) is 2.40. The minimum absolute atomic E-state index is 0.255. The molecular weight excluding hydrogens is 302 g/mol. The zero-order valence-corrected chi connectivity index (χ0v) is 13.1. The fourth-order valence-electron chi connectivity index (χ4n) is 2.67. The average molecular weight is 322 g/mol. The smallest absolute Gasteiger partial charge is 0.0638 e. The number of nitrogens with one attached hydrogen (secondary N) is 1. The molecule has 0 radical (unpaired) electrons. The Hall–Kier alpha value is -1.05. The van der Waals surface area contributed by atoms with Gasteiger partial charge in [0.1, 0.15) is 0 Å². The van der Waals surface area contributed by atoms with E-state index < -0.39 is 0 Å². The number of rotatable bonds is 2. The molecule has 1 N–H and O–H groups in total. The lowest BCUT2D eigenvalue weighted by atomic mass is 10.1. The number of nitriles is 1. The Morgan fingerprint density at radius 2 is 2.32 bits per heavy atom. The first-order valence-corrected chi connectivity index (χ1v) is 7.53. The zero-order chi connectivity index (χ0) is 13.8. The second kappa shape index (κ2) is 6.40. The molecule has 1 aliphatic heterocycles. The van der Waals surface area contributed by atoms with Gasteiger partial charge in [0.25, 0.3) is 0 Å². The van der Waals surface area contributed by atoms with Gasteiger partial charge in [0.2, 0.25) is 0 Å². The highest BCUT2D eigenvalue weighted by Crippen LogP contribution is 2.25. The van der Waals surface area contributed by atoms with E-state index in [-0.39, 0.29) is 6.04 Å². The standard InChI is InChI=1S/C15H20BrN3/c1-11-9-13(16)3-4-15(11)19-8-6-12(2)18-14(10-19)5-7-17/h3-4,9,12,14,18H,5-6,8,10H2,1-2H3. The van der Waals surface area contributed by atoms with Crippen molar-refractivity contribution in [2.24, 2.45) is 0 Å². The first-order chi connectivity index (χ1) is 9.10. The van der Waals surface area contributed by atoms with Crippen molar-refractivity contribution < 1.29 is 0 Å². The lowest BCUT2D eigenvalue weighted by Gasteiger charge is -2.27. The lowest BCUT2D eigenvalue weighted by molar-refractivity contribution is 0.473. The molecule has 0 aromatic heterocycles. The minimum Gasteiger partial charge on any atom is -0.370 e. The highest BCUT2D eigenvalue weighted by Gasteiger charge is 2.22. The Kier molecular flexibility index (Phi) is 4.84. The van der Waals surface area contributed by atoms with Crippen LogP contribution in [0.1, 0.15) is 25.3 Å². The van der Waals surface area contributed by atoms with Gasteiger partial charge in [-0.15, -0.1) is 0 Å². The van der Waals surface area contributed by atoms with Crippen LogP contribution in [0.25, 0.3) is 0 Å². The summed E-state index contributed by atoms with van der Waals surface area (Å²) in [7, 11) is 0. The number of hydrogen-bond acceptors (Lipinski definition) is 3. The predicted octanol–water partition coefficient (Wildman–Crippen LogP) is 3.23. The number of aryl methyl sites for hydroxylation is 1. The van der Waals surface area contributed by atoms with Crippen LogP contribution in [0.2, 0.25) is 0 Å². The molecule has 0 aliphatic carbocycles. The molecule has 0 spiro atoms. The third kappa shape index (κ3) is 3.71. The highest BCUT2D eigenvalue weighted by molar-refractivity contribution is 9.10. The predicted molar refractivity (Wildman–Crippen MR) is 82.3 cm³/mol. The van der Waals surface area contributed by atoms with E-state index in [1.807, 2.05) is 0 Å². The van der Waals surface area contributed by atoms with E-state index >= 15 is 0 Å². The number of halogens is 1. The molecule has 102 valence electrons. The van der Waals surface area contributed by atoms with E-state index in [0.29, 0.717) is 12.5 Å². The summed E-state index contributed by atoms with van der Waals surface area (Å²) in [5.41, 5.74) is 2.56. The molecule has 3 nitrogen and oxygen atoms in total. The SMILES string of the molecule is Cc1cc(Br)ccc1N1CCC(C)NC(CC#N)C1. The van der Waals surface area contributed by atoms with E-state index in [9.17, 15) is 0 Å². The van der Waals surface area contributed by atoms with Crippen LogP contribution in [0.5, 0.6) is 0 Å². The van der Waals surface area contributed by atoms with E-state index in [0.717, 1.165) is 24.0 Å². The number of hydrogen-bond donors (Lipinski definition) is 1. The van der Waals surface area contributed by atoms with Gasteiger partial charge in [0.15, 0.2) is 0 Å². The fraction of sp³-hybridized carbons (Fsp3) is 0.533. The molecule has 1 saturated heterocycles. The van der Waals surface area contributed by atoms with Crippen molar-refractivity contribution in [3.8, 4) is 6.07 Å². The maximum absolute atomic E-state index is 8.93. The Balaban J connectivity index is 2.20. The minimum atomic E-state index is 0.255. The van der Waals surface area contributed by atoms with Crippen LogP contribution in [-0.2, 0) is 0 Å². The molecule has 2 atom stereocenters. The molecule has 2 unspecified atom stereocenters. The maximum atomic E-state index is 8.93. The molecule has 19 heavy (non-hydrogen) atoms.